The fourth-order valence-electron chi connectivity index (χ4n) is 2.80. The first-order valence-electron chi connectivity index (χ1n) is 6.19. The normalized spacial score (nSPS) is 17.2. The summed E-state index contributed by atoms with van der Waals surface area (Å²) in [5, 5.41) is 0. The van der Waals surface area contributed by atoms with Crippen LogP contribution in [0.5, 0.6) is 0 Å². The number of rotatable bonds is 2. The van der Waals surface area contributed by atoms with Crippen molar-refractivity contribution < 1.29 is 4.79 Å². The third kappa shape index (κ3) is 1.36. The molecule has 0 N–H and O–H groups in total. The zero-order valence-electron chi connectivity index (χ0n) is 10.6. The molecule has 3 rings (SSSR count). The van der Waals surface area contributed by atoms with Gasteiger partial charge in [0.15, 0.2) is 0 Å². The van der Waals surface area contributed by atoms with Gasteiger partial charge < -0.3 is 4.57 Å². The van der Waals surface area contributed by atoms with Crippen LogP contribution in [0.2, 0.25) is 0 Å². The van der Waals surface area contributed by atoms with Gasteiger partial charge in [0.2, 0.25) is 6.08 Å². The Balaban J connectivity index is 2.32. The average molecular weight is 241 g/mol. The minimum Gasteiger partial charge on any atom is -0.331 e. The SMILES string of the molecule is Cc1nc2cccc(C3(N=C=O)CCC3)c2n1C. The molecule has 4 nitrogen and oxygen atoms in total. The van der Waals surface area contributed by atoms with Crippen molar-refractivity contribution in [1.82, 2.24) is 9.55 Å². The standard InChI is InChI=1S/C14H15N3O/c1-10-16-12-6-3-5-11(13(12)17(10)2)14(15-9-18)7-4-8-14/h3,5-6H,4,7-8H2,1-2H3. The van der Waals surface area contributed by atoms with Crippen LogP contribution in [0, 0.1) is 6.92 Å². The van der Waals surface area contributed by atoms with Gasteiger partial charge in [-0.25, -0.2) is 9.78 Å². The van der Waals surface area contributed by atoms with E-state index in [1.807, 2.05) is 26.1 Å². The molecular weight excluding hydrogens is 226 g/mol. The van der Waals surface area contributed by atoms with Gasteiger partial charge >= 0.3 is 0 Å². The zero-order valence-corrected chi connectivity index (χ0v) is 10.6. The molecule has 0 unspecified atom stereocenters. The molecule has 0 atom stereocenters. The fraction of sp³-hybridized carbons (Fsp3) is 0.429. The summed E-state index contributed by atoms with van der Waals surface area (Å²) in [5.41, 5.74) is 2.81. The summed E-state index contributed by atoms with van der Waals surface area (Å²) in [7, 11) is 2.01. The van der Waals surface area contributed by atoms with E-state index < -0.39 is 0 Å². The summed E-state index contributed by atoms with van der Waals surface area (Å²) in [6.07, 6.45) is 4.70. The molecule has 4 heteroatoms. The topological polar surface area (TPSA) is 47.2 Å². The Bertz CT molecular complexity index is 661. The highest BCUT2D eigenvalue weighted by Gasteiger charge is 2.40. The number of benzene rings is 1. The van der Waals surface area contributed by atoms with Crippen LogP contribution in [0.3, 0.4) is 0 Å². The zero-order chi connectivity index (χ0) is 12.8. The van der Waals surface area contributed by atoms with E-state index in [9.17, 15) is 4.79 Å². The lowest BCUT2D eigenvalue weighted by Gasteiger charge is -2.37. The maximum absolute atomic E-state index is 10.7. The highest BCUT2D eigenvalue weighted by atomic mass is 16.1. The summed E-state index contributed by atoms with van der Waals surface area (Å²) in [5.74, 6) is 0.974. The van der Waals surface area contributed by atoms with Gasteiger partial charge in [-0.2, -0.15) is 4.99 Å². The van der Waals surface area contributed by atoms with Crippen LogP contribution in [0.15, 0.2) is 23.2 Å². The van der Waals surface area contributed by atoms with Crippen molar-refractivity contribution in [2.45, 2.75) is 31.7 Å². The van der Waals surface area contributed by atoms with E-state index in [1.165, 1.54) is 0 Å². The lowest BCUT2D eigenvalue weighted by Crippen LogP contribution is -2.32. The molecule has 0 spiro atoms. The molecule has 0 saturated heterocycles. The Labute approximate surface area is 105 Å². The van der Waals surface area contributed by atoms with Gasteiger partial charge in [0.25, 0.3) is 0 Å². The molecule has 1 aliphatic carbocycles. The predicted octanol–water partition coefficient (Wildman–Crippen LogP) is 2.60. The molecule has 18 heavy (non-hydrogen) atoms. The minimum atomic E-state index is -0.360. The van der Waals surface area contributed by atoms with E-state index in [0.29, 0.717) is 0 Å². The molecule has 1 saturated carbocycles. The maximum Gasteiger partial charge on any atom is 0.235 e. The van der Waals surface area contributed by atoms with E-state index in [-0.39, 0.29) is 5.54 Å². The van der Waals surface area contributed by atoms with Crippen LogP contribution >= 0.6 is 0 Å². The second-order valence-electron chi connectivity index (χ2n) is 4.98. The van der Waals surface area contributed by atoms with Gasteiger partial charge in [-0.3, -0.25) is 0 Å². The first-order valence-corrected chi connectivity index (χ1v) is 6.19. The van der Waals surface area contributed by atoms with Crippen molar-refractivity contribution in [3.05, 3.63) is 29.6 Å². The Morgan fingerprint density at radius 2 is 2.22 bits per heavy atom. The lowest BCUT2D eigenvalue weighted by atomic mass is 9.72. The first kappa shape index (κ1) is 11.2. The number of fused-ring (bicyclic) bond motifs is 1. The molecule has 0 amide bonds. The van der Waals surface area contributed by atoms with Gasteiger partial charge in [-0.05, 0) is 32.3 Å². The van der Waals surface area contributed by atoms with E-state index in [1.54, 1.807) is 6.08 Å². The van der Waals surface area contributed by atoms with Crippen molar-refractivity contribution in [3.63, 3.8) is 0 Å². The predicted molar refractivity (Wildman–Crippen MR) is 69.1 cm³/mol. The Kier molecular flexibility index (Phi) is 2.35. The summed E-state index contributed by atoms with van der Waals surface area (Å²) in [6.45, 7) is 1.99. The average Bonchev–Trinajstić information content (AvgIpc) is 2.60. The molecule has 2 aromatic rings. The number of nitrogens with zero attached hydrogens (tertiary/aromatic N) is 3. The van der Waals surface area contributed by atoms with E-state index >= 15 is 0 Å². The van der Waals surface area contributed by atoms with E-state index in [0.717, 1.165) is 41.7 Å². The van der Waals surface area contributed by atoms with Gasteiger partial charge in [0.1, 0.15) is 11.4 Å². The highest BCUT2D eigenvalue weighted by Crippen LogP contribution is 2.46. The number of aromatic nitrogens is 2. The van der Waals surface area contributed by atoms with Crippen molar-refractivity contribution in [2.75, 3.05) is 0 Å². The van der Waals surface area contributed by atoms with Crippen LogP contribution in [0.4, 0.5) is 0 Å². The monoisotopic (exact) mass is 241 g/mol. The molecule has 0 radical (unpaired) electrons. The molecular formula is C14H15N3O. The summed E-state index contributed by atoms with van der Waals surface area (Å²) in [6, 6.07) is 6.05. The van der Waals surface area contributed by atoms with Gasteiger partial charge in [0, 0.05) is 12.6 Å². The molecule has 0 aliphatic heterocycles. The maximum atomic E-state index is 10.7. The van der Waals surface area contributed by atoms with Gasteiger partial charge in [-0.15, -0.1) is 0 Å². The lowest BCUT2D eigenvalue weighted by molar-refractivity contribution is 0.257. The Hall–Kier alpha value is -1.93. The number of aryl methyl sites for hydroxylation is 2. The molecule has 1 aromatic heterocycles. The highest BCUT2D eigenvalue weighted by molar-refractivity contribution is 5.81. The van der Waals surface area contributed by atoms with E-state index in [4.69, 9.17) is 0 Å². The van der Waals surface area contributed by atoms with Crippen LogP contribution in [0.1, 0.15) is 30.7 Å². The summed E-state index contributed by atoms with van der Waals surface area (Å²) < 4.78 is 2.07. The molecule has 1 aromatic carbocycles. The van der Waals surface area contributed by atoms with Crippen LogP contribution in [-0.2, 0) is 17.4 Å². The van der Waals surface area contributed by atoms with Crippen molar-refractivity contribution >= 4 is 17.1 Å². The second kappa shape index (κ2) is 3.79. The van der Waals surface area contributed by atoms with Crippen molar-refractivity contribution in [1.29, 1.82) is 0 Å². The quantitative estimate of drug-likeness (QED) is 0.599. The fourth-order valence-corrected chi connectivity index (χ4v) is 2.80. The second-order valence-corrected chi connectivity index (χ2v) is 4.98. The Morgan fingerprint density at radius 1 is 1.44 bits per heavy atom. The molecule has 1 aliphatic rings. The number of isocyanates is 1. The number of imidazole rings is 1. The number of carbonyl (C=O) groups excluding carboxylic acids is 1. The van der Waals surface area contributed by atoms with Crippen LogP contribution in [-0.4, -0.2) is 15.6 Å². The molecule has 92 valence electrons. The van der Waals surface area contributed by atoms with Crippen LogP contribution in [0.25, 0.3) is 11.0 Å². The largest absolute Gasteiger partial charge is 0.331 e. The molecule has 1 fully saturated rings. The number of hydrogen-bond donors (Lipinski definition) is 0. The molecule has 1 heterocycles. The summed E-state index contributed by atoms with van der Waals surface area (Å²) >= 11 is 0. The Morgan fingerprint density at radius 3 is 2.83 bits per heavy atom. The number of hydrogen-bond acceptors (Lipinski definition) is 3. The van der Waals surface area contributed by atoms with Crippen LogP contribution < -0.4 is 0 Å². The van der Waals surface area contributed by atoms with Gasteiger partial charge in [0.05, 0.1) is 11.0 Å². The molecule has 0 bridgehead atoms. The third-order valence-electron chi connectivity index (χ3n) is 4.06. The van der Waals surface area contributed by atoms with E-state index in [2.05, 4.69) is 20.6 Å². The third-order valence-corrected chi connectivity index (χ3v) is 4.06. The van der Waals surface area contributed by atoms with Crippen molar-refractivity contribution in [2.24, 2.45) is 12.0 Å². The number of aliphatic imine (C=N–C) groups is 1. The van der Waals surface area contributed by atoms with Crippen molar-refractivity contribution in [3.8, 4) is 0 Å². The van der Waals surface area contributed by atoms with Gasteiger partial charge in [-0.1, -0.05) is 12.1 Å². The smallest absolute Gasteiger partial charge is 0.235 e. The number of para-hydroxylation sites is 1. The minimum absolute atomic E-state index is 0.360. The first-order chi connectivity index (χ1) is 8.68. The summed E-state index contributed by atoms with van der Waals surface area (Å²) in [4.78, 5) is 19.3.